The summed E-state index contributed by atoms with van der Waals surface area (Å²) < 4.78 is 1.18. The van der Waals surface area contributed by atoms with Gasteiger partial charge in [0.15, 0.2) is 5.69 Å². The van der Waals surface area contributed by atoms with Gasteiger partial charge in [0.25, 0.3) is 11.5 Å². The van der Waals surface area contributed by atoms with E-state index in [0.29, 0.717) is 27.4 Å². The van der Waals surface area contributed by atoms with Crippen LogP contribution in [0.25, 0.3) is 10.8 Å². The minimum absolute atomic E-state index is 0.236. The number of benzene rings is 2. The second-order valence-corrected chi connectivity index (χ2v) is 6.55. The fourth-order valence-corrected chi connectivity index (χ4v) is 2.94. The molecule has 0 saturated carbocycles. The van der Waals surface area contributed by atoms with Crippen molar-refractivity contribution in [2.75, 3.05) is 7.05 Å². The van der Waals surface area contributed by atoms with Crippen LogP contribution in [0, 0.1) is 0 Å². The predicted octanol–water partition coefficient (Wildman–Crippen LogP) is 3.51. The molecule has 7 heteroatoms. The number of amides is 1. The second kappa shape index (κ2) is 6.86. The summed E-state index contributed by atoms with van der Waals surface area (Å²) in [5.41, 5.74) is 0.846. The number of fused-ring (bicyclic) bond motifs is 1. The van der Waals surface area contributed by atoms with Crippen molar-refractivity contribution in [2.45, 2.75) is 6.54 Å². The van der Waals surface area contributed by atoms with Gasteiger partial charge in [-0.15, -0.1) is 0 Å². The van der Waals surface area contributed by atoms with Gasteiger partial charge in [-0.3, -0.25) is 9.59 Å². The lowest BCUT2D eigenvalue weighted by Crippen LogP contribution is -2.30. The average Bonchev–Trinajstić information content (AvgIpc) is 2.60. The molecule has 0 N–H and O–H groups in total. The highest BCUT2D eigenvalue weighted by Crippen LogP contribution is 2.23. The zero-order valence-electron chi connectivity index (χ0n) is 13.7. The third-order valence-corrected chi connectivity index (χ3v) is 4.65. The van der Waals surface area contributed by atoms with Gasteiger partial charge in [0.05, 0.1) is 15.4 Å². The van der Waals surface area contributed by atoms with Crippen molar-refractivity contribution < 1.29 is 4.79 Å². The molecule has 1 aromatic heterocycles. The molecule has 2 aromatic carbocycles. The fourth-order valence-electron chi connectivity index (χ4n) is 2.62. The number of carbonyl (C=O) groups excluding carboxylic acids is 1. The van der Waals surface area contributed by atoms with Crippen molar-refractivity contribution in [3.63, 3.8) is 0 Å². The lowest BCUT2D eigenvalue weighted by molar-refractivity contribution is 0.0779. The summed E-state index contributed by atoms with van der Waals surface area (Å²) in [4.78, 5) is 26.6. The van der Waals surface area contributed by atoms with Crippen LogP contribution in [0.1, 0.15) is 16.1 Å². The van der Waals surface area contributed by atoms with Crippen LogP contribution in [0.2, 0.25) is 10.0 Å². The zero-order valence-corrected chi connectivity index (χ0v) is 15.2. The van der Waals surface area contributed by atoms with Gasteiger partial charge >= 0.3 is 0 Å². The average molecular weight is 376 g/mol. The Morgan fingerprint density at radius 1 is 1.12 bits per heavy atom. The van der Waals surface area contributed by atoms with Gasteiger partial charge in [0, 0.05) is 26.0 Å². The second-order valence-electron chi connectivity index (χ2n) is 5.73. The topological polar surface area (TPSA) is 55.2 Å². The molecule has 3 rings (SSSR count). The number of hydrogen-bond acceptors (Lipinski definition) is 3. The van der Waals surface area contributed by atoms with E-state index in [2.05, 4.69) is 5.10 Å². The molecule has 0 bridgehead atoms. The van der Waals surface area contributed by atoms with Crippen LogP contribution in [0.4, 0.5) is 0 Å². The molecule has 5 nitrogen and oxygen atoms in total. The summed E-state index contributed by atoms with van der Waals surface area (Å²) in [5, 5.41) is 6.06. The van der Waals surface area contributed by atoms with Crippen molar-refractivity contribution in [1.29, 1.82) is 0 Å². The molecule has 128 valence electrons. The number of nitrogens with zero attached hydrogens (tertiary/aromatic N) is 3. The van der Waals surface area contributed by atoms with E-state index in [0.717, 1.165) is 5.56 Å². The Morgan fingerprint density at radius 2 is 1.80 bits per heavy atom. The first-order valence-electron chi connectivity index (χ1n) is 7.54. The predicted molar refractivity (Wildman–Crippen MR) is 99.2 cm³/mol. The number of aryl methyl sites for hydroxylation is 1. The van der Waals surface area contributed by atoms with E-state index in [1.54, 1.807) is 43.4 Å². The largest absolute Gasteiger partial charge is 0.336 e. The minimum Gasteiger partial charge on any atom is -0.336 e. The molecule has 3 aromatic rings. The quantitative estimate of drug-likeness (QED) is 0.703. The summed E-state index contributed by atoms with van der Waals surface area (Å²) >= 11 is 11.9. The molecule has 1 heterocycles. The first-order valence-corrected chi connectivity index (χ1v) is 8.29. The van der Waals surface area contributed by atoms with Crippen LogP contribution in [-0.2, 0) is 13.6 Å². The molecular formula is C18H15Cl2N3O2. The third kappa shape index (κ3) is 3.38. The highest BCUT2D eigenvalue weighted by Gasteiger charge is 2.19. The first kappa shape index (κ1) is 17.5. The number of hydrogen-bond donors (Lipinski definition) is 0. The van der Waals surface area contributed by atoms with Crippen molar-refractivity contribution in [1.82, 2.24) is 14.7 Å². The Labute approximate surface area is 154 Å². The van der Waals surface area contributed by atoms with Crippen molar-refractivity contribution in [3.05, 3.63) is 74.1 Å². The molecular weight excluding hydrogens is 361 g/mol. The molecule has 1 amide bonds. The van der Waals surface area contributed by atoms with E-state index in [1.165, 1.54) is 16.6 Å². The van der Waals surface area contributed by atoms with E-state index in [4.69, 9.17) is 23.2 Å². The molecule has 0 spiro atoms. The van der Waals surface area contributed by atoms with Crippen molar-refractivity contribution in [2.24, 2.45) is 7.05 Å². The number of aromatic nitrogens is 2. The summed E-state index contributed by atoms with van der Waals surface area (Å²) in [5.74, 6) is -0.280. The maximum atomic E-state index is 12.9. The normalized spacial score (nSPS) is 10.9. The van der Waals surface area contributed by atoms with Gasteiger partial charge in [-0.2, -0.15) is 5.10 Å². The SMILES string of the molecule is CN(Cc1ccc(Cl)c(Cl)c1)C(=O)c1nn(C)c(=O)c2ccccc12. The first-order chi connectivity index (χ1) is 11.9. The Balaban J connectivity index is 1.97. The smallest absolute Gasteiger partial charge is 0.274 e. The molecule has 0 fully saturated rings. The summed E-state index contributed by atoms with van der Waals surface area (Å²) in [6.45, 7) is 0.342. The van der Waals surface area contributed by atoms with Crippen LogP contribution in [-0.4, -0.2) is 27.6 Å². The van der Waals surface area contributed by atoms with Crippen molar-refractivity contribution >= 4 is 39.9 Å². The molecule has 0 saturated heterocycles. The molecule has 0 radical (unpaired) electrons. The standard InChI is InChI=1S/C18H15Cl2N3O2/c1-22(10-11-7-8-14(19)15(20)9-11)18(25)16-12-5-3-4-6-13(12)17(24)23(2)21-16/h3-9H,10H2,1-2H3. The van der Waals surface area contributed by atoms with Crippen LogP contribution < -0.4 is 5.56 Å². The van der Waals surface area contributed by atoms with Crippen LogP contribution in [0.5, 0.6) is 0 Å². The fraction of sp³-hybridized carbons (Fsp3) is 0.167. The molecule has 0 aliphatic carbocycles. The van der Waals surface area contributed by atoms with Gasteiger partial charge in [0.2, 0.25) is 0 Å². The molecule has 0 aliphatic heterocycles. The van der Waals surface area contributed by atoms with E-state index in [9.17, 15) is 9.59 Å². The lowest BCUT2D eigenvalue weighted by Gasteiger charge is -2.18. The lowest BCUT2D eigenvalue weighted by atomic mass is 10.1. The van der Waals surface area contributed by atoms with E-state index in [-0.39, 0.29) is 17.2 Å². The van der Waals surface area contributed by atoms with Gasteiger partial charge in [-0.25, -0.2) is 4.68 Å². The van der Waals surface area contributed by atoms with E-state index in [1.807, 2.05) is 6.07 Å². The van der Waals surface area contributed by atoms with Crippen LogP contribution in [0.3, 0.4) is 0 Å². The summed E-state index contributed by atoms with van der Waals surface area (Å²) in [6.07, 6.45) is 0. The van der Waals surface area contributed by atoms with Crippen LogP contribution in [0.15, 0.2) is 47.3 Å². The molecule has 0 unspecified atom stereocenters. The van der Waals surface area contributed by atoms with Crippen molar-refractivity contribution in [3.8, 4) is 0 Å². The Morgan fingerprint density at radius 3 is 2.48 bits per heavy atom. The highest BCUT2D eigenvalue weighted by atomic mass is 35.5. The third-order valence-electron chi connectivity index (χ3n) is 3.91. The summed E-state index contributed by atoms with van der Waals surface area (Å²) in [7, 11) is 3.21. The Hall–Kier alpha value is -2.37. The number of halogens is 2. The molecule has 0 atom stereocenters. The van der Waals surface area contributed by atoms with E-state index >= 15 is 0 Å². The number of rotatable bonds is 3. The maximum absolute atomic E-state index is 12.9. The van der Waals surface area contributed by atoms with Gasteiger partial charge < -0.3 is 4.90 Å². The summed E-state index contributed by atoms with van der Waals surface area (Å²) in [6, 6.07) is 12.2. The Bertz CT molecular complexity index is 1030. The minimum atomic E-state index is -0.280. The monoisotopic (exact) mass is 375 g/mol. The molecule has 0 aliphatic rings. The highest BCUT2D eigenvalue weighted by molar-refractivity contribution is 6.42. The Kier molecular flexibility index (Phi) is 4.79. The van der Waals surface area contributed by atoms with E-state index < -0.39 is 0 Å². The zero-order chi connectivity index (χ0) is 18.1. The van der Waals surface area contributed by atoms with Gasteiger partial charge in [0.1, 0.15) is 0 Å². The maximum Gasteiger partial charge on any atom is 0.274 e. The number of carbonyl (C=O) groups is 1. The van der Waals surface area contributed by atoms with Gasteiger partial charge in [-0.1, -0.05) is 47.5 Å². The van der Waals surface area contributed by atoms with Crippen LogP contribution >= 0.6 is 23.2 Å². The van der Waals surface area contributed by atoms with Gasteiger partial charge in [-0.05, 0) is 23.8 Å². The molecule has 25 heavy (non-hydrogen) atoms.